The van der Waals surface area contributed by atoms with Gasteiger partial charge < -0.3 is 8.98 Å². The number of amides is 2. The lowest BCUT2D eigenvalue weighted by molar-refractivity contribution is 0.0982. The number of carbonyl (C=O) groups excluding carboxylic acids is 2. The third-order valence-electron chi connectivity index (χ3n) is 4.36. The van der Waals surface area contributed by atoms with Crippen LogP contribution in [-0.4, -0.2) is 32.9 Å². The first-order valence-electron chi connectivity index (χ1n) is 8.28. The number of rotatable bonds is 3. The SMILES string of the molecule is O=C(Nc1nc(C(=O)N2CCn3c2nc2ccccc23)co1)c1cccs1. The highest BCUT2D eigenvalue weighted by molar-refractivity contribution is 7.12. The van der Waals surface area contributed by atoms with Crippen LogP contribution in [0, 0.1) is 0 Å². The average Bonchev–Trinajstić information content (AvgIpc) is 3.44. The maximum atomic E-state index is 12.9. The van der Waals surface area contributed by atoms with E-state index >= 15 is 0 Å². The van der Waals surface area contributed by atoms with Crippen LogP contribution in [0.2, 0.25) is 0 Å². The molecule has 5 rings (SSSR count). The fourth-order valence-electron chi connectivity index (χ4n) is 3.12. The summed E-state index contributed by atoms with van der Waals surface area (Å²) in [6, 6.07) is 11.2. The molecule has 1 aliphatic rings. The average molecular weight is 379 g/mol. The molecule has 1 aromatic carbocycles. The number of nitrogens with one attached hydrogen (secondary N) is 1. The Balaban J connectivity index is 1.38. The molecule has 4 heterocycles. The molecule has 0 atom stereocenters. The molecule has 0 aliphatic carbocycles. The summed E-state index contributed by atoms with van der Waals surface area (Å²) in [7, 11) is 0. The van der Waals surface area contributed by atoms with Gasteiger partial charge in [0.2, 0.25) is 5.95 Å². The number of anilines is 2. The van der Waals surface area contributed by atoms with Gasteiger partial charge in [0.25, 0.3) is 11.8 Å². The van der Waals surface area contributed by atoms with E-state index < -0.39 is 0 Å². The zero-order valence-electron chi connectivity index (χ0n) is 14.0. The molecule has 2 amide bonds. The number of para-hydroxylation sites is 2. The van der Waals surface area contributed by atoms with Crippen LogP contribution < -0.4 is 10.2 Å². The number of hydrogen-bond donors (Lipinski definition) is 1. The lowest BCUT2D eigenvalue weighted by Gasteiger charge is -2.11. The number of oxazole rings is 1. The Morgan fingerprint density at radius 3 is 2.85 bits per heavy atom. The molecule has 27 heavy (non-hydrogen) atoms. The maximum absolute atomic E-state index is 12.9. The Kier molecular flexibility index (Phi) is 3.54. The molecule has 134 valence electrons. The van der Waals surface area contributed by atoms with E-state index in [0.29, 0.717) is 23.9 Å². The van der Waals surface area contributed by atoms with Crippen molar-refractivity contribution in [3.05, 3.63) is 58.6 Å². The van der Waals surface area contributed by atoms with Crippen LogP contribution in [-0.2, 0) is 6.54 Å². The largest absolute Gasteiger partial charge is 0.431 e. The van der Waals surface area contributed by atoms with Crippen molar-refractivity contribution in [1.29, 1.82) is 0 Å². The van der Waals surface area contributed by atoms with Gasteiger partial charge in [-0.05, 0) is 23.6 Å². The third kappa shape index (κ3) is 2.59. The van der Waals surface area contributed by atoms with Gasteiger partial charge in [0.05, 0.1) is 15.9 Å². The lowest BCUT2D eigenvalue weighted by Crippen LogP contribution is -2.29. The van der Waals surface area contributed by atoms with Gasteiger partial charge in [0, 0.05) is 13.1 Å². The zero-order valence-corrected chi connectivity index (χ0v) is 14.8. The number of fused-ring (bicyclic) bond motifs is 3. The number of benzene rings is 1. The highest BCUT2D eigenvalue weighted by Crippen LogP contribution is 2.28. The molecule has 0 spiro atoms. The quantitative estimate of drug-likeness (QED) is 0.591. The van der Waals surface area contributed by atoms with Crippen LogP contribution in [0.5, 0.6) is 0 Å². The molecule has 3 aromatic heterocycles. The fourth-order valence-corrected chi connectivity index (χ4v) is 3.73. The van der Waals surface area contributed by atoms with E-state index in [2.05, 4.69) is 15.3 Å². The summed E-state index contributed by atoms with van der Waals surface area (Å²) < 4.78 is 7.25. The minimum absolute atomic E-state index is 0.00977. The molecule has 0 radical (unpaired) electrons. The molecule has 8 nitrogen and oxygen atoms in total. The summed E-state index contributed by atoms with van der Waals surface area (Å²) in [5, 5.41) is 4.36. The van der Waals surface area contributed by atoms with E-state index in [9.17, 15) is 9.59 Å². The van der Waals surface area contributed by atoms with Crippen molar-refractivity contribution < 1.29 is 14.0 Å². The van der Waals surface area contributed by atoms with Gasteiger partial charge in [0.1, 0.15) is 6.26 Å². The minimum atomic E-state index is -0.325. The molecular formula is C18H13N5O3S. The predicted octanol–water partition coefficient (Wildman–Crippen LogP) is 3.00. The van der Waals surface area contributed by atoms with E-state index in [4.69, 9.17) is 4.42 Å². The molecule has 0 saturated carbocycles. The van der Waals surface area contributed by atoms with Crippen LogP contribution in [0.4, 0.5) is 12.0 Å². The molecule has 9 heteroatoms. The number of carbonyl (C=O) groups is 2. The summed E-state index contributed by atoms with van der Waals surface area (Å²) in [6.45, 7) is 1.18. The van der Waals surface area contributed by atoms with Crippen molar-refractivity contribution in [3.8, 4) is 0 Å². The van der Waals surface area contributed by atoms with Crippen LogP contribution in [0.15, 0.2) is 52.5 Å². The second-order valence-corrected chi connectivity index (χ2v) is 6.93. The number of hydrogen-bond acceptors (Lipinski definition) is 6. The van der Waals surface area contributed by atoms with E-state index in [1.54, 1.807) is 22.4 Å². The van der Waals surface area contributed by atoms with E-state index in [-0.39, 0.29) is 23.5 Å². The topological polar surface area (TPSA) is 93.3 Å². The van der Waals surface area contributed by atoms with Crippen molar-refractivity contribution in [3.63, 3.8) is 0 Å². The number of nitrogens with zero attached hydrogens (tertiary/aromatic N) is 4. The standard InChI is InChI=1S/C18H13N5O3S/c24-15(14-6-3-9-27-14)21-17-19-12(10-26-17)16(25)23-8-7-22-13-5-2-1-4-11(13)20-18(22)23/h1-6,9-10H,7-8H2,(H,19,21,24). The molecule has 0 unspecified atom stereocenters. The summed E-state index contributed by atoms with van der Waals surface area (Å²) in [5.74, 6) is -0.0494. The molecule has 0 fully saturated rings. The Hall–Kier alpha value is -3.46. The van der Waals surface area contributed by atoms with Crippen LogP contribution >= 0.6 is 11.3 Å². The first kappa shape index (κ1) is 15.8. The molecule has 0 saturated heterocycles. The van der Waals surface area contributed by atoms with Gasteiger partial charge in [-0.3, -0.25) is 19.8 Å². The molecular weight excluding hydrogens is 366 g/mol. The van der Waals surface area contributed by atoms with Crippen LogP contribution in [0.25, 0.3) is 11.0 Å². The van der Waals surface area contributed by atoms with Gasteiger partial charge >= 0.3 is 6.01 Å². The van der Waals surface area contributed by atoms with Crippen molar-refractivity contribution in [2.75, 3.05) is 16.8 Å². The van der Waals surface area contributed by atoms with E-state index in [0.717, 1.165) is 11.0 Å². The summed E-state index contributed by atoms with van der Waals surface area (Å²) in [6.07, 6.45) is 1.25. The predicted molar refractivity (Wildman–Crippen MR) is 100 cm³/mol. The minimum Gasteiger partial charge on any atom is -0.431 e. The summed E-state index contributed by atoms with van der Waals surface area (Å²) in [5.41, 5.74) is 1.96. The summed E-state index contributed by atoms with van der Waals surface area (Å²) in [4.78, 5) is 35.7. The highest BCUT2D eigenvalue weighted by atomic mass is 32.1. The Morgan fingerprint density at radius 2 is 2.00 bits per heavy atom. The monoisotopic (exact) mass is 379 g/mol. The van der Waals surface area contributed by atoms with E-state index in [1.165, 1.54) is 17.6 Å². The fraction of sp³-hybridized carbons (Fsp3) is 0.111. The molecule has 0 bridgehead atoms. The molecule has 1 aliphatic heterocycles. The van der Waals surface area contributed by atoms with Gasteiger partial charge in [0.15, 0.2) is 5.69 Å². The molecule has 4 aromatic rings. The first-order valence-corrected chi connectivity index (χ1v) is 9.16. The first-order chi connectivity index (χ1) is 13.2. The lowest BCUT2D eigenvalue weighted by atomic mass is 10.3. The Bertz CT molecular complexity index is 1160. The third-order valence-corrected chi connectivity index (χ3v) is 5.23. The van der Waals surface area contributed by atoms with Crippen LogP contribution in [0.1, 0.15) is 20.2 Å². The second-order valence-electron chi connectivity index (χ2n) is 5.98. The molecule has 1 N–H and O–H groups in total. The van der Waals surface area contributed by atoms with Gasteiger partial charge in [-0.2, -0.15) is 4.98 Å². The smallest absolute Gasteiger partial charge is 0.302 e. The van der Waals surface area contributed by atoms with Crippen molar-refractivity contribution in [2.45, 2.75) is 6.54 Å². The normalized spacial score (nSPS) is 13.1. The number of aromatic nitrogens is 3. The van der Waals surface area contributed by atoms with Gasteiger partial charge in [-0.15, -0.1) is 11.3 Å². The van der Waals surface area contributed by atoms with Gasteiger partial charge in [-0.1, -0.05) is 18.2 Å². The Labute approximate surface area is 157 Å². The van der Waals surface area contributed by atoms with Crippen LogP contribution in [0.3, 0.4) is 0 Å². The van der Waals surface area contributed by atoms with E-state index in [1.807, 2.05) is 28.8 Å². The van der Waals surface area contributed by atoms with Crippen molar-refractivity contribution in [2.24, 2.45) is 0 Å². The Morgan fingerprint density at radius 1 is 1.11 bits per heavy atom. The van der Waals surface area contributed by atoms with Crippen molar-refractivity contribution in [1.82, 2.24) is 14.5 Å². The highest BCUT2D eigenvalue weighted by Gasteiger charge is 2.30. The zero-order chi connectivity index (χ0) is 18.4. The maximum Gasteiger partial charge on any atom is 0.302 e. The van der Waals surface area contributed by atoms with Gasteiger partial charge in [-0.25, -0.2) is 4.98 Å². The summed E-state index contributed by atoms with van der Waals surface area (Å²) >= 11 is 1.31. The number of thiophene rings is 1. The second kappa shape index (κ2) is 6.06. The number of imidazole rings is 1. The van der Waals surface area contributed by atoms with Crippen molar-refractivity contribution >= 4 is 46.1 Å².